The Morgan fingerprint density at radius 2 is 2.06 bits per heavy atom. The molecule has 6 heteroatoms. The molecule has 0 spiro atoms. The number of guanidine groups is 1. The van der Waals surface area contributed by atoms with E-state index in [1.54, 1.807) is 12.5 Å². The lowest BCUT2D eigenvalue weighted by Gasteiger charge is -1.96. The second kappa shape index (κ2) is 4.48. The van der Waals surface area contributed by atoms with Gasteiger partial charge in [-0.1, -0.05) is 12.1 Å². The van der Waals surface area contributed by atoms with Gasteiger partial charge in [0.25, 0.3) is 0 Å². The molecule has 0 bridgehead atoms. The number of benzene rings is 1. The summed E-state index contributed by atoms with van der Waals surface area (Å²) in [5.74, 6) is -0.333. The largest absolute Gasteiger partial charge is 0.370 e. The fraction of sp³-hybridized carbons (Fsp3) is 0. The molecule has 0 amide bonds. The Morgan fingerprint density at radius 3 is 2.82 bits per heavy atom. The SMILES string of the molecule is C1=Cn2cnc3cccc(c32)C=N1.N=C(N)N. The number of aliphatic imine (C=N–C) groups is 1. The van der Waals surface area contributed by atoms with E-state index in [2.05, 4.69) is 21.4 Å². The van der Waals surface area contributed by atoms with Crippen molar-refractivity contribution in [2.45, 2.75) is 0 Å². The smallest absolute Gasteiger partial charge is 0.183 e. The number of hydrogen-bond acceptors (Lipinski definition) is 3. The van der Waals surface area contributed by atoms with Crippen LogP contribution in [0, 0.1) is 5.41 Å². The predicted octanol–water partition coefficient (Wildman–Crippen LogP) is 0.736. The van der Waals surface area contributed by atoms with Gasteiger partial charge in [-0.05, 0) is 6.07 Å². The lowest BCUT2D eigenvalue weighted by atomic mass is 10.2. The highest BCUT2D eigenvalue weighted by atomic mass is 15.0. The highest BCUT2D eigenvalue weighted by Crippen LogP contribution is 2.18. The molecule has 86 valence electrons. The lowest BCUT2D eigenvalue weighted by molar-refractivity contribution is 1.17. The second-order valence-corrected chi connectivity index (χ2v) is 3.40. The first-order valence-electron chi connectivity index (χ1n) is 4.93. The number of nitrogens with zero attached hydrogens (tertiary/aromatic N) is 3. The summed E-state index contributed by atoms with van der Waals surface area (Å²) in [7, 11) is 0. The highest BCUT2D eigenvalue weighted by Gasteiger charge is 2.05. The molecule has 1 aromatic carbocycles. The summed E-state index contributed by atoms with van der Waals surface area (Å²) >= 11 is 0. The molecule has 6 nitrogen and oxygen atoms in total. The van der Waals surface area contributed by atoms with E-state index in [0.29, 0.717) is 0 Å². The van der Waals surface area contributed by atoms with Gasteiger partial charge >= 0.3 is 0 Å². The maximum Gasteiger partial charge on any atom is 0.183 e. The topological polar surface area (TPSA) is 106 Å². The monoisotopic (exact) mass is 228 g/mol. The summed E-state index contributed by atoms with van der Waals surface area (Å²) in [6.07, 6.45) is 7.33. The zero-order valence-electron chi connectivity index (χ0n) is 9.04. The molecule has 1 aliphatic heterocycles. The minimum absolute atomic E-state index is 0.333. The molecule has 0 saturated carbocycles. The van der Waals surface area contributed by atoms with Crippen molar-refractivity contribution in [1.29, 1.82) is 5.41 Å². The summed E-state index contributed by atoms with van der Waals surface area (Å²) < 4.78 is 1.98. The fourth-order valence-corrected chi connectivity index (χ4v) is 1.57. The zero-order valence-corrected chi connectivity index (χ0v) is 9.04. The number of aromatic nitrogens is 2. The Bertz CT molecular complexity index is 603. The van der Waals surface area contributed by atoms with Crippen LogP contribution >= 0.6 is 0 Å². The van der Waals surface area contributed by atoms with Crippen LogP contribution in [0.2, 0.25) is 0 Å². The first-order valence-corrected chi connectivity index (χ1v) is 4.93. The van der Waals surface area contributed by atoms with Gasteiger partial charge in [0.15, 0.2) is 5.96 Å². The number of para-hydroxylation sites is 1. The molecule has 1 aliphatic rings. The maximum absolute atomic E-state index is 6.06. The van der Waals surface area contributed by atoms with E-state index in [1.807, 2.05) is 35.2 Å². The molecule has 1 aromatic heterocycles. The standard InChI is InChI=1S/C10H7N3.CH5N3/c1-2-8-6-11-4-5-13-7-12-9(3-1)10(8)13;2-1(3)4/h1-7H;(H5,2,3,4). The molecule has 17 heavy (non-hydrogen) atoms. The molecular weight excluding hydrogens is 216 g/mol. The minimum Gasteiger partial charge on any atom is -0.370 e. The maximum atomic E-state index is 6.06. The Labute approximate surface area is 97.8 Å². The van der Waals surface area contributed by atoms with Gasteiger partial charge in [-0.3, -0.25) is 10.4 Å². The molecule has 0 fully saturated rings. The summed E-state index contributed by atoms with van der Waals surface area (Å²) in [5, 5.41) is 6.06. The van der Waals surface area contributed by atoms with Gasteiger partial charge in [0.05, 0.1) is 17.4 Å². The molecular formula is C11H12N6. The number of nitrogens with two attached hydrogens (primary N) is 2. The molecule has 3 rings (SSSR count). The summed E-state index contributed by atoms with van der Waals surface area (Å²) in [5.41, 5.74) is 12.2. The van der Waals surface area contributed by atoms with Crippen molar-refractivity contribution in [3.05, 3.63) is 36.3 Å². The van der Waals surface area contributed by atoms with E-state index < -0.39 is 0 Å². The van der Waals surface area contributed by atoms with Crippen LogP contribution < -0.4 is 11.5 Å². The Balaban J connectivity index is 0.000000239. The minimum atomic E-state index is -0.333. The number of rotatable bonds is 0. The quantitative estimate of drug-likeness (QED) is 0.457. The van der Waals surface area contributed by atoms with Crippen molar-refractivity contribution < 1.29 is 0 Å². The van der Waals surface area contributed by atoms with Crippen molar-refractivity contribution in [2.75, 3.05) is 0 Å². The molecule has 2 aromatic rings. The second-order valence-electron chi connectivity index (χ2n) is 3.40. The van der Waals surface area contributed by atoms with Crippen molar-refractivity contribution in [2.24, 2.45) is 16.5 Å². The van der Waals surface area contributed by atoms with Crippen LogP contribution in [0.25, 0.3) is 17.2 Å². The number of nitrogens with one attached hydrogen (secondary N) is 1. The molecule has 0 aliphatic carbocycles. The molecule has 0 unspecified atom stereocenters. The summed E-state index contributed by atoms with van der Waals surface area (Å²) in [6.45, 7) is 0. The Morgan fingerprint density at radius 1 is 1.29 bits per heavy atom. The molecule has 0 atom stereocenters. The van der Waals surface area contributed by atoms with Crippen molar-refractivity contribution in [1.82, 2.24) is 9.55 Å². The van der Waals surface area contributed by atoms with Crippen molar-refractivity contribution >= 4 is 29.4 Å². The van der Waals surface area contributed by atoms with E-state index in [1.165, 1.54) is 0 Å². The summed E-state index contributed by atoms with van der Waals surface area (Å²) in [6, 6.07) is 6.03. The van der Waals surface area contributed by atoms with Gasteiger partial charge in [0.1, 0.15) is 0 Å². The summed E-state index contributed by atoms with van der Waals surface area (Å²) in [4.78, 5) is 8.41. The van der Waals surface area contributed by atoms with E-state index in [4.69, 9.17) is 5.41 Å². The third kappa shape index (κ3) is 2.31. The van der Waals surface area contributed by atoms with Crippen LogP contribution in [-0.4, -0.2) is 21.7 Å². The van der Waals surface area contributed by atoms with E-state index >= 15 is 0 Å². The van der Waals surface area contributed by atoms with Gasteiger partial charge in [0.2, 0.25) is 0 Å². The van der Waals surface area contributed by atoms with Crippen LogP contribution in [0.3, 0.4) is 0 Å². The van der Waals surface area contributed by atoms with Crippen LogP contribution in [0.15, 0.2) is 35.7 Å². The highest BCUT2D eigenvalue weighted by molar-refractivity contribution is 5.98. The third-order valence-corrected chi connectivity index (χ3v) is 2.15. The Kier molecular flexibility index (Phi) is 2.87. The van der Waals surface area contributed by atoms with Gasteiger partial charge in [0, 0.05) is 24.2 Å². The number of imidazole rings is 1. The number of hydrogen-bond donors (Lipinski definition) is 3. The lowest BCUT2D eigenvalue weighted by Crippen LogP contribution is -2.20. The molecule has 0 saturated heterocycles. The predicted molar refractivity (Wildman–Crippen MR) is 68.8 cm³/mol. The normalized spacial score (nSPS) is 11.8. The average Bonchev–Trinajstić information content (AvgIpc) is 2.55. The van der Waals surface area contributed by atoms with Gasteiger partial charge in [-0.15, -0.1) is 0 Å². The van der Waals surface area contributed by atoms with E-state index in [-0.39, 0.29) is 5.96 Å². The zero-order chi connectivity index (χ0) is 12.3. The van der Waals surface area contributed by atoms with E-state index in [0.717, 1.165) is 16.6 Å². The molecule has 2 heterocycles. The van der Waals surface area contributed by atoms with E-state index in [9.17, 15) is 0 Å². The fourth-order valence-electron chi connectivity index (χ4n) is 1.57. The Hall–Kier alpha value is -2.63. The average molecular weight is 228 g/mol. The van der Waals surface area contributed by atoms with Crippen LogP contribution in [0.4, 0.5) is 0 Å². The first kappa shape index (κ1) is 10.9. The van der Waals surface area contributed by atoms with Crippen LogP contribution in [0.1, 0.15) is 5.56 Å². The first-order chi connectivity index (χ1) is 8.18. The molecule has 0 radical (unpaired) electrons. The van der Waals surface area contributed by atoms with Crippen LogP contribution in [0.5, 0.6) is 0 Å². The molecule has 5 N–H and O–H groups in total. The van der Waals surface area contributed by atoms with Crippen molar-refractivity contribution in [3.8, 4) is 0 Å². The van der Waals surface area contributed by atoms with Crippen LogP contribution in [-0.2, 0) is 0 Å². The van der Waals surface area contributed by atoms with Gasteiger partial charge < -0.3 is 16.0 Å². The van der Waals surface area contributed by atoms with Gasteiger partial charge in [-0.25, -0.2) is 4.98 Å². The third-order valence-electron chi connectivity index (χ3n) is 2.15. The van der Waals surface area contributed by atoms with Gasteiger partial charge in [-0.2, -0.15) is 0 Å². The van der Waals surface area contributed by atoms with Crippen molar-refractivity contribution in [3.63, 3.8) is 0 Å².